The molecule has 0 atom stereocenters. The molecule has 0 saturated carbocycles. The highest BCUT2D eigenvalue weighted by Crippen LogP contribution is 2.26. The van der Waals surface area contributed by atoms with Gasteiger partial charge in [0.25, 0.3) is 0 Å². The zero-order valence-corrected chi connectivity index (χ0v) is 9.25. The summed E-state index contributed by atoms with van der Waals surface area (Å²) in [6.07, 6.45) is 0. The number of aromatic nitrogens is 1. The first-order valence-electron chi connectivity index (χ1n) is 5.06. The van der Waals surface area contributed by atoms with Crippen LogP contribution in [0.15, 0.2) is 42.5 Å². The maximum absolute atomic E-state index is 11.3. The van der Waals surface area contributed by atoms with Gasteiger partial charge in [0.15, 0.2) is 0 Å². The average Bonchev–Trinajstić information content (AvgIpc) is 2.38. The molecule has 0 bridgehead atoms. The van der Waals surface area contributed by atoms with Crippen LogP contribution in [0.5, 0.6) is 5.75 Å². The van der Waals surface area contributed by atoms with E-state index in [0.717, 1.165) is 0 Å². The molecule has 17 heavy (non-hydrogen) atoms. The molecule has 0 saturated heterocycles. The standard InChI is InChI=1S/C13H11NO3/c1-17-13(16)11-7-4-6-10(14-11)9-5-2-3-8-12(9)15/h2-8,15H,1H3. The number of para-hydroxylation sites is 1. The van der Waals surface area contributed by atoms with Crippen LogP contribution < -0.4 is 0 Å². The Bertz CT molecular complexity index is 552. The van der Waals surface area contributed by atoms with E-state index >= 15 is 0 Å². The molecule has 4 heteroatoms. The number of phenolic OH excluding ortho intramolecular Hbond substituents is 1. The molecule has 1 aromatic carbocycles. The maximum Gasteiger partial charge on any atom is 0.356 e. The molecule has 0 unspecified atom stereocenters. The zero-order valence-electron chi connectivity index (χ0n) is 9.25. The van der Waals surface area contributed by atoms with Crippen molar-refractivity contribution < 1.29 is 14.6 Å². The van der Waals surface area contributed by atoms with Crippen LogP contribution in [0, 0.1) is 0 Å². The van der Waals surface area contributed by atoms with Crippen LogP contribution in [0.25, 0.3) is 11.3 Å². The Balaban J connectivity index is 2.47. The van der Waals surface area contributed by atoms with E-state index in [1.54, 1.807) is 42.5 Å². The molecule has 0 radical (unpaired) electrons. The number of nitrogens with zero attached hydrogens (tertiary/aromatic N) is 1. The molecule has 86 valence electrons. The highest BCUT2D eigenvalue weighted by molar-refractivity contribution is 5.88. The smallest absolute Gasteiger partial charge is 0.356 e. The third kappa shape index (κ3) is 2.25. The van der Waals surface area contributed by atoms with Gasteiger partial charge < -0.3 is 9.84 Å². The number of aromatic hydroxyl groups is 1. The van der Waals surface area contributed by atoms with E-state index in [-0.39, 0.29) is 11.4 Å². The summed E-state index contributed by atoms with van der Waals surface area (Å²) in [5.74, 6) is -0.371. The molecule has 1 aromatic heterocycles. The molecular formula is C13H11NO3. The zero-order chi connectivity index (χ0) is 12.3. The Morgan fingerprint density at radius 3 is 2.65 bits per heavy atom. The Morgan fingerprint density at radius 2 is 1.94 bits per heavy atom. The molecule has 2 aromatic rings. The summed E-state index contributed by atoms with van der Waals surface area (Å²) in [7, 11) is 1.30. The predicted molar refractivity (Wildman–Crippen MR) is 62.7 cm³/mol. The number of esters is 1. The van der Waals surface area contributed by atoms with E-state index in [0.29, 0.717) is 11.3 Å². The quantitative estimate of drug-likeness (QED) is 0.802. The first-order valence-corrected chi connectivity index (χ1v) is 5.06. The number of rotatable bonds is 2. The van der Waals surface area contributed by atoms with Gasteiger partial charge in [-0.3, -0.25) is 0 Å². The highest BCUT2D eigenvalue weighted by atomic mass is 16.5. The lowest BCUT2D eigenvalue weighted by Crippen LogP contribution is -2.04. The van der Waals surface area contributed by atoms with Gasteiger partial charge in [-0.15, -0.1) is 0 Å². The summed E-state index contributed by atoms with van der Waals surface area (Å²) >= 11 is 0. The van der Waals surface area contributed by atoms with Crippen molar-refractivity contribution >= 4 is 5.97 Å². The van der Waals surface area contributed by atoms with Gasteiger partial charge in [-0.25, -0.2) is 9.78 Å². The Hall–Kier alpha value is -2.36. The molecule has 0 amide bonds. The number of pyridine rings is 1. The lowest BCUT2D eigenvalue weighted by molar-refractivity contribution is 0.0594. The number of hydrogen-bond donors (Lipinski definition) is 1. The number of ether oxygens (including phenoxy) is 1. The van der Waals surface area contributed by atoms with Gasteiger partial charge in [-0.05, 0) is 24.3 Å². The van der Waals surface area contributed by atoms with Crippen LogP contribution in [-0.2, 0) is 4.74 Å². The van der Waals surface area contributed by atoms with Crippen LogP contribution in [0.1, 0.15) is 10.5 Å². The van der Waals surface area contributed by atoms with Gasteiger partial charge in [-0.2, -0.15) is 0 Å². The summed E-state index contributed by atoms with van der Waals surface area (Å²) in [6, 6.07) is 11.8. The molecule has 1 N–H and O–H groups in total. The minimum atomic E-state index is -0.498. The molecule has 1 heterocycles. The highest BCUT2D eigenvalue weighted by Gasteiger charge is 2.10. The van der Waals surface area contributed by atoms with Crippen LogP contribution in [-0.4, -0.2) is 23.2 Å². The second-order valence-electron chi connectivity index (χ2n) is 3.42. The first-order chi connectivity index (χ1) is 8.22. The van der Waals surface area contributed by atoms with Crippen molar-refractivity contribution in [1.82, 2.24) is 4.98 Å². The largest absolute Gasteiger partial charge is 0.507 e. The number of benzene rings is 1. The molecular weight excluding hydrogens is 218 g/mol. The number of hydrogen-bond acceptors (Lipinski definition) is 4. The van der Waals surface area contributed by atoms with Crippen LogP contribution in [0.4, 0.5) is 0 Å². The van der Waals surface area contributed by atoms with E-state index in [2.05, 4.69) is 9.72 Å². The summed E-state index contributed by atoms with van der Waals surface area (Å²) in [5, 5.41) is 9.69. The van der Waals surface area contributed by atoms with E-state index in [4.69, 9.17) is 0 Å². The van der Waals surface area contributed by atoms with Crippen LogP contribution in [0.2, 0.25) is 0 Å². The van der Waals surface area contributed by atoms with Crippen molar-refractivity contribution in [2.45, 2.75) is 0 Å². The number of carbonyl (C=O) groups is 1. The molecule has 0 fully saturated rings. The van der Waals surface area contributed by atoms with Crippen molar-refractivity contribution in [3.63, 3.8) is 0 Å². The average molecular weight is 229 g/mol. The molecule has 0 aliphatic heterocycles. The number of carbonyl (C=O) groups excluding carboxylic acids is 1. The lowest BCUT2D eigenvalue weighted by atomic mass is 10.1. The minimum absolute atomic E-state index is 0.127. The molecule has 0 aliphatic rings. The van der Waals surface area contributed by atoms with Gasteiger partial charge >= 0.3 is 5.97 Å². The van der Waals surface area contributed by atoms with E-state index in [1.165, 1.54) is 7.11 Å². The fourth-order valence-corrected chi connectivity index (χ4v) is 1.49. The third-order valence-electron chi connectivity index (χ3n) is 2.32. The molecule has 4 nitrogen and oxygen atoms in total. The summed E-state index contributed by atoms with van der Waals surface area (Å²) < 4.78 is 4.59. The number of phenols is 1. The Kier molecular flexibility index (Phi) is 3.05. The number of methoxy groups -OCH3 is 1. The van der Waals surface area contributed by atoms with Gasteiger partial charge in [0, 0.05) is 5.56 Å². The second kappa shape index (κ2) is 4.65. The van der Waals surface area contributed by atoms with Gasteiger partial charge in [-0.1, -0.05) is 18.2 Å². The maximum atomic E-state index is 11.3. The first kappa shape index (κ1) is 11.1. The Morgan fingerprint density at radius 1 is 1.18 bits per heavy atom. The van der Waals surface area contributed by atoms with Gasteiger partial charge in [0.1, 0.15) is 11.4 Å². The molecule has 0 spiro atoms. The van der Waals surface area contributed by atoms with Crippen molar-refractivity contribution in [1.29, 1.82) is 0 Å². The fraction of sp³-hybridized carbons (Fsp3) is 0.0769. The van der Waals surface area contributed by atoms with Crippen molar-refractivity contribution in [2.24, 2.45) is 0 Å². The van der Waals surface area contributed by atoms with Gasteiger partial charge in [0.2, 0.25) is 0 Å². The van der Waals surface area contributed by atoms with E-state index in [9.17, 15) is 9.90 Å². The summed E-state index contributed by atoms with van der Waals surface area (Å²) in [6.45, 7) is 0. The van der Waals surface area contributed by atoms with E-state index in [1.807, 2.05) is 0 Å². The topological polar surface area (TPSA) is 59.4 Å². The Labute approximate surface area is 98.5 Å². The second-order valence-corrected chi connectivity index (χ2v) is 3.42. The predicted octanol–water partition coefficient (Wildman–Crippen LogP) is 2.24. The van der Waals surface area contributed by atoms with Crippen molar-refractivity contribution in [2.75, 3.05) is 7.11 Å². The van der Waals surface area contributed by atoms with Crippen LogP contribution >= 0.6 is 0 Å². The van der Waals surface area contributed by atoms with Gasteiger partial charge in [0.05, 0.1) is 12.8 Å². The van der Waals surface area contributed by atoms with Crippen molar-refractivity contribution in [3.8, 4) is 17.0 Å². The molecule has 2 rings (SSSR count). The lowest BCUT2D eigenvalue weighted by Gasteiger charge is -2.05. The third-order valence-corrected chi connectivity index (χ3v) is 2.32. The van der Waals surface area contributed by atoms with Crippen molar-refractivity contribution in [3.05, 3.63) is 48.2 Å². The fourth-order valence-electron chi connectivity index (χ4n) is 1.49. The minimum Gasteiger partial charge on any atom is -0.507 e. The summed E-state index contributed by atoms with van der Waals surface area (Å²) in [4.78, 5) is 15.5. The van der Waals surface area contributed by atoms with Crippen LogP contribution in [0.3, 0.4) is 0 Å². The SMILES string of the molecule is COC(=O)c1cccc(-c2ccccc2O)n1. The normalized spacial score (nSPS) is 9.94. The monoisotopic (exact) mass is 229 g/mol. The summed E-state index contributed by atoms with van der Waals surface area (Å²) in [5.41, 5.74) is 1.33. The van der Waals surface area contributed by atoms with E-state index < -0.39 is 5.97 Å². The molecule has 0 aliphatic carbocycles.